The van der Waals surface area contributed by atoms with Crippen molar-refractivity contribution < 1.29 is 14.0 Å². The van der Waals surface area contributed by atoms with E-state index in [1.54, 1.807) is 6.07 Å². The first-order chi connectivity index (χ1) is 8.04. The maximum atomic E-state index is 13.1. The number of amides is 2. The number of nitrogens with one attached hydrogen (secondary N) is 2. The number of benzene rings is 1. The van der Waals surface area contributed by atoms with Crippen molar-refractivity contribution in [3.63, 3.8) is 0 Å². The second-order valence-corrected chi connectivity index (χ2v) is 3.78. The fraction of sp³-hybridized carbons (Fsp3) is 0.100. The van der Waals surface area contributed by atoms with Crippen molar-refractivity contribution in [3.05, 3.63) is 28.5 Å². The van der Waals surface area contributed by atoms with Gasteiger partial charge >= 0.3 is 11.8 Å². The van der Waals surface area contributed by atoms with Crippen molar-refractivity contribution in [1.82, 2.24) is 5.32 Å². The van der Waals surface area contributed by atoms with Gasteiger partial charge in [0.2, 0.25) is 0 Å². The molecule has 0 fully saturated rings. The second-order valence-electron chi connectivity index (χ2n) is 2.92. The monoisotopic (exact) mass is 299 g/mol. The molecule has 0 radical (unpaired) electrons. The molecule has 2 N–H and O–H groups in total. The molecule has 0 aromatic heterocycles. The van der Waals surface area contributed by atoms with Gasteiger partial charge in [0.05, 0.1) is 10.5 Å². The Kier molecular flexibility index (Phi) is 4.60. The molecule has 7 heteroatoms. The van der Waals surface area contributed by atoms with Crippen molar-refractivity contribution in [3.8, 4) is 6.07 Å². The molecule has 88 valence electrons. The maximum Gasteiger partial charge on any atom is 0.313 e. The van der Waals surface area contributed by atoms with Crippen LogP contribution in [0.5, 0.6) is 0 Å². The summed E-state index contributed by atoms with van der Waals surface area (Å²) in [5.74, 6) is -2.46. The number of hydrogen-bond acceptors (Lipinski definition) is 3. The smallest absolute Gasteiger partial charge is 0.313 e. The average Bonchev–Trinajstić information content (AvgIpc) is 2.30. The van der Waals surface area contributed by atoms with Crippen LogP contribution in [0, 0.1) is 17.1 Å². The molecule has 5 nitrogen and oxygen atoms in total. The first kappa shape index (κ1) is 13.1. The molecule has 0 saturated heterocycles. The Balaban J connectivity index is 2.65. The highest BCUT2D eigenvalue weighted by atomic mass is 79.9. The lowest BCUT2D eigenvalue weighted by molar-refractivity contribution is -0.136. The van der Waals surface area contributed by atoms with Crippen molar-refractivity contribution in [2.75, 3.05) is 11.9 Å². The van der Waals surface area contributed by atoms with Gasteiger partial charge in [-0.3, -0.25) is 9.59 Å². The van der Waals surface area contributed by atoms with E-state index in [1.807, 2.05) is 0 Å². The van der Waals surface area contributed by atoms with Crippen LogP contribution in [-0.2, 0) is 9.59 Å². The molecule has 17 heavy (non-hydrogen) atoms. The van der Waals surface area contributed by atoms with Crippen LogP contribution in [0.15, 0.2) is 22.7 Å². The minimum atomic E-state index is -0.957. The van der Waals surface area contributed by atoms with E-state index in [0.717, 1.165) is 6.07 Å². The summed E-state index contributed by atoms with van der Waals surface area (Å²) in [6.07, 6.45) is 0. The molecule has 1 rings (SSSR count). The molecule has 0 aliphatic heterocycles. The lowest BCUT2D eigenvalue weighted by Crippen LogP contribution is -2.35. The standard InChI is InChI=1S/C10H7BrFN3O2/c11-7-2-1-6(5-8(7)12)15-10(17)9(16)14-4-3-13/h1-2,5H,4H2,(H,14,16)(H,15,17). The zero-order chi connectivity index (χ0) is 12.8. The van der Waals surface area contributed by atoms with Crippen LogP contribution in [-0.4, -0.2) is 18.4 Å². The van der Waals surface area contributed by atoms with Gasteiger partial charge in [0.25, 0.3) is 0 Å². The van der Waals surface area contributed by atoms with Gasteiger partial charge in [-0.05, 0) is 34.1 Å². The third kappa shape index (κ3) is 3.85. The number of carbonyl (C=O) groups excluding carboxylic acids is 2. The van der Waals surface area contributed by atoms with Gasteiger partial charge in [0, 0.05) is 5.69 Å². The molecule has 0 atom stereocenters. The number of anilines is 1. The van der Waals surface area contributed by atoms with Crippen LogP contribution < -0.4 is 10.6 Å². The molecule has 0 heterocycles. The predicted molar refractivity (Wildman–Crippen MR) is 61.4 cm³/mol. The number of hydrogen-bond donors (Lipinski definition) is 2. The van der Waals surface area contributed by atoms with Crippen LogP contribution >= 0.6 is 15.9 Å². The molecule has 0 bridgehead atoms. The number of halogens is 2. The Morgan fingerprint density at radius 1 is 1.41 bits per heavy atom. The van der Waals surface area contributed by atoms with E-state index in [1.165, 1.54) is 12.1 Å². The SMILES string of the molecule is N#CCNC(=O)C(=O)Nc1ccc(Br)c(F)c1. The molecule has 0 aliphatic rings. The van der Waals surface area contributed by atoms with Gasteiger partial charge < -0.3 is 10.6 Å². The molecular weight excluding hydrogens is 293 g/mol. The summed E-state index contributed by atoms with van der Waals surface area (Å²) < 4.78 is 13.3. The topological polar surface area (TPSA) is 82.0 Å². The van der Waals surface area contributed by atoms with Crippen LogP contribution in [0.2, 0.25) is 0 Å². The lowest BCUT2D eigenvalue weighted by atomic mass is 10.3. The number of nitriles is 1. The summed E-state index contributed by atoms with van der Waals surface area (Å²) in [5, 5.41) is 12.5. The number of nitrogens with zero attached hydrogens (tertiary/aromatic N) is 1. The molecule has 1 aromatic carbocycles. The minimum Gasteiger partial charge on any atom is -0.335 e. The van der Waals surface area contributed by atoms with Crippen LogP contribution in [0.25, 0.3) is 0 Å². The summed E-state index contributed by atoms with van der Waals surface area (Å²) in [6.45, 7) is -0.263. The zero-order valence-corrected chi connectivity index (χ0v) is 10.0. The maximum absolute atomic E-state index is 13.1. The fourth-order valence-corrected chi connectivity index (χ4v) is 1.21. The first-order valence-electron chi connectivity index (χ1n) is 4.45. The predicted octanol–water partition coefficient (Wildman–Crippen LogP) is 1.17. The highest BCUT2D eigenvalue weighted by molar-refractivity contribution is 9.10. The van der Waals surface area contributed by atoms with Gasteiger partial charge in [0.1, 0.15) is 12.4 Å². The van der Waals surface area contributed by atoms with Gasteiger partial charge in [0.15, 0.2) is 0 Å². The third-order valence-corrected chi connectivity index (χ3v) is 2.35. The Hall–Kier alpha value is -1.94. The van der Waals surface area contributed by atoms with E-state index < -0.39 is 17.6 Å². The molecule has 2 amide bonds. The second kappa shape index (κ2) is 5.96. The Morgan fingerprint density at radius 3 is 2.71 bits per heavy atom. The van der Waals surface area contributed by atoms with Gasteiger partial charge in [-0.2, -0.15) is 5.26 Å². The van der Waals surface area contributed by atoms with E-state index in [2.05, 4.69) is 26.6 Å². The van der Waals surface area contributed by atoms with Crippen molar-refractivity contribution in [2.24, 2.45) is 0 Å². The van der Waals surface area contributed by atoms with Gasteiger partial charge in [-0.15, -0.1) is 0 Å². The first-order valence-corrected chi connectivity index (χ1v) is 5.25. The summed E-state index contributed by atoms with van der Waals surface area (Å²) in [7, 11) is 0. The highest BCUT2D eigenvalue weighted by Gasteiger charge is 2.13. The Labute approximate surface area is 105 Å². The summed E-state index contributed by atoms with van der Waals surface area (Å²) in [4.78, 5) is 22.3. The third-order valence-electron chi connectivity index (χ3n) is 1.71. The number of rotatable bonds is 2. The summed E-state index contributed by atoms with van der Waals surface area (Å²) >= 11 is 2.96. The molecule has 1 aromatic rings. The summed E-state index contributed by atoms with van der Waals surface area (Å²) in [5.41, 5.74) is 0.155. The van der Waals surface area contributed by atoms with E-state index in [0.29, 0.717) is 0 Å². The van der Waals surface area contributed by atoms with Gasteiger partial charge in [-0.1, -0.05) is 0 Å². The summed E-state index contributed by atoms with van der Waals surface area (Å²) in [6, 6.07) is 5.56. The van der Waals surface area contributed by atoms with Gasteiger partial charge in [-0.25, -0.2) is 4.39 Å². The molecule has 0 saturated carbocycles. The average molecular weight is 300 g/mol. The Morgan fingerprint density at radius 2 is 2.12 bits per heavy atom. The molecular formula is C10H7BrFN3O2. The van der Waals surface area contributed by atoms with Crippen molar-refractivity contribution in [1.29, 1.82) is 5.26 Å². The molecule has 0 spiro atoms. The van der Waals surface area contributed by atoms with E-state index >= 15 is 0 Å². The van der Waals surface area contributed by atoms with Crippen molar-refractivity contribution in [2.45, 2.75) is 0 Å². The van der Waals surface area contributed by atoms with Crippen LogP contribution in [0.1, 0.15) is 0 Å². The highest BCUT2D eigenvalue weighted by Crippen LogP contribution is 2.19. The quantitative estimate of drug-likeness (QED) is 0.635. The van der Waals surface area contributed by atoms with Crippen LogP contribution in [0.3, 0.4) is 0 Å². The zero-order valence-electron chi connectivity index (χ0n) is 8.46. The normalized spacial score (nSPS) is 9.24. The fourth-order valence-electron chi connectivity index (χ4n) is 0.962. The lowest BCUT2D eigenvalue weighted by Gasteiger charge is -2.05. The minimum absolute atomic E-state index is 0.155. The largest absolute Gasteiger partial charge is 0.335 e. The van der Waals surface area contributed by atoms with E-state index in [-0.39, 0.29) is 16.7 Å². The molecule has 0 unspecified atom stereocenters. The van der Waals surface area contributed by atoms with E-state index in [9.17, 15) is 14.0 Å². The van der Waals surface area contributed by atoms with Crippen LogP contribution in [0.4, 0.5) is 10.1 Å². The number of carbonyl (C=O) groups is 2. The molecule has 0 aliphatic carbocycles. The Bertz CT molecular complexity index is 499. The van der Waals surface area contributed by atoms with Crippen molar-refractivity contribution >= 4 is 33.4 Å². The van der Waals surface area contributed by atoms with E-state index in [4.69, 9.17) is 5.26 Å².